The number of nitrogens with one attached hydrogen (secondary N) is 3. The number of benzene rings is 2. The van der Waals surface area contributed by atoms with Gasteiger partial charge in [0.25, 0.3) is 0 Å². The van der Waals surface area contributed by atoms with Gasteiger partial charge in [-0.05, 0) is 86.2 Å². The van der Waals surface area contributed by atoms with Crippen LogP contribution in [0.3, 0.4) is 0 Å². The molecule has 3 rings (SSSR count). The molecule has 0 aliphatic rings. The number of hydrogen-bond acceptors (Lipinski definition) is 7. The van der Waals surface area contributed by atoms with Crippen LogP contribution in [0.25, 0.3) is 0 Å². The summed E-state index contributed by atoms with van der Waals surface area (Å²) >= 11 is 0. The van der Waals surface area contributed by atoms with Crippen molar-refractivity contribution in [3.8, 4) is 5.75 Å². The summed E-state index contributed by atoms with van der Waals surface area (Å²) in [5.41, 5.74) is 3.68. The average molecular weight is 551 g/mol. The van der Waals surface area contributed by atoms with Gasteiger partial charge in [0.2, 0.25) is 0 Å². The molecule has 2 aromatic carbocycles. The molecule has 0 fully saturated rings. The normalized spacial score (nSPS) is 11.8. The van der Waals surface area contributed by atoms with E-state index in [2.05, 4.69) is 27.0 Å². The Morgan fingerprint density at radius 1 is 0.900 bits per heavy atom. The standard InChI is InChI=1S/C31H42N4O5/c36-23-26-20-25(13-14-29(26)37)30(38)22-33-15-4-1-2-5-17-40-18-6-3-9-24-10-7-11-27(19-24)34-31(39)35-28-12-8-16-32-21-28/h7-8,10-14,16,19-21,30,33,36-38H,1-6,9,15,17-18,22-23H2,(H2,34,35,39)/t30-/m0/s1. The molecular weight excluding hydrogens is 508 g/mol. The van der Waals surface area contributed by atoms with E-state index in [-0.39, 0.29) is 18.4 Å². The number of aromatic hydroxyl groups is 1. The van der Waals surface area contributed by atoms with E-state index in [1.54, 1.807) is 36.7 Å². The molecule has 0 radical (unpaired) electrons. The number of unbranched alkanes of at least 4 members (excludes halogenated alkanes) is 4. The third-order valence-electron chi connectivity index (χ3n) is 6.50. The molecule has 1 heterocycles. The lowest BCUT2D eigenvalue weighted by Gasteiger charge is -2.14. The smallest absolute Gasteiger partial charge is 0.323 e. The Morgan fingerprint density at radius 3 is 2.48 bits per heavy atom. The Hall–Kier alpha value is -3.50. The number of urea groups is 1. The summed E-state index contributed by atoms with van der Waals surface area (Å²) in [6.45, 7) is 2.52. The van der Waals surface area contributed by atoms with Gasteiger partial charge >= 0.3 is 6.03 Å². The van der Waals surface area contributed by atoms with Gasteiger partial charge in [-0.3, -0.25) is 4.98 Å². The Morgan fingerprint density at radius 2 is 1.68 bits per heavy atom. The molecule has 0 aliphatic carbocycles. The fraction of sp³-hybridized carbons (Fsp3) is 0.419. The van der Waals surface area contributed by atoms with E-state index < -0.39 is 6.10 Å². The lowest BCUT2D eigenvalue weighted by atomic mass is 10.1. The first-order valence-corrected chi connectivity index (χ1v) is 14.0. The number of anilines is 2. The zero-order chi connectivity index (χ0) is 28.4. The van der Waals surface area contributed by atoms with Crippen molar-refractivity contribution < 1.29 is 24.9 Å². The largest absolute Gasteiger partial charge is 0.508 e. The molecule has 6 N–H and O–H groups in total. The highest BCUT2D eigenvalue weighted by Gasteiger charge is 2.10. The number of pyridine rings is 1. The summed E-state index contributed by atoms with van der Waals surface area (Å²) in [6, 6.07) is 16.0. The van der Waals surface area contributed by atoms with E-state index >= 15 is 0 Å². The predicted molar refractivity (Wildman–Crippen MR) is 157 cm³/mol. The summed E-state index contributed by atoms with van der Waals surface area (Å²) in [5.74, 6) is 0.0379. The molecule has 40 heavy (non-hydrogen) atoms. The number of carbonyl (C=O) groups is 1. The number of aromatic nitrogens is 1. The summed E-state index contributed by atoms with van der Waals surface area (Å²) in [4.78, 5) is 16.2. The van der Waals surface area contributed by atoms with Crippen LogP contribution in [0.5, 0.6) is 5.75 Å². The third-order valence-corrected chi connectivity index (χ3v) is 6.50. The van der Waals surface area contributed by atoms with Gasteiger partial charge in [-0.1, -0.05) is 31.0 Å². The molecule has 9 heteroatoms. The van der Waals surface area contributed by atoms with Gasteiger partial charge in [0.1, 0.15) is 5.75 Å². The van der Waals surface area contributed by atoms with E-state index in [1.807, 2.05) is 18.2 Å². The molecule has 0 spiro atoms. The highest BCUT2D eigenvalue weighted by Crippen LogP contribution is 2.22. The zero-order valence-electron chi connectivity index (χ0n) is 23.0. The number of amides is 2. The van der Waals surface area contributed by atoms with Crippen LogP contribution in [0.4, 0.5) is 16.2 Å². The van der Waals surface area contributed by atoms with Crippen molar-refractivity contribution in [1.82, 2.24) is 10.3 Å². The zero-order valence-corrected chi connectivity index (χ0v) is 23.0. The van der Waals surface area contributed by atoms with Crippen LogP contribution in [0, 0.1) is 0 Å². The number of nitrogens with zero attached hydrogens (tertiary/aromatic N) is 1. The Labute approximate surface area is 236 Å². The summed E-state index contributed by atoms with van der Waals surface area (Å²) in [7, 11) is 0. The predicted octanol–water partition coefficient (Wildman–Crippen LogP) is 5.15. The summed E-state index contributed by atoms with van der Waals surface area (Å²) in [5, 5.41) is 38.0. The van der Waals surface area contributed by atoms with Crippen molar-refractivity contribution in [2.45, 2.75) is 57.7 Å². The van der Waals surface area contributed by atoms with Gasteiger partial charge in [0.05, 0.1) is 24.6 Å². The van der Waals surface area contributed by atoms with Gasteiger partial charge in [0, 0.05) is 37.2 Å². The molecule has 3 aromatic rings. The van der Waals surface area contributed by atoms with Gasteiger partial charge in [-0.2, -0.15) is 0 Å². The Balaban J connectivity index is 1.15. The molecule has 1 aromatic heterocycles. The topological polar surface area (TPSA) is 136 Å². The van der Waals surface area contributed by atoms with Crippen molar-refractivity contribution in [1.29, 1.82) is 0 Å². The minimum atomic E-state index is -0.677. The molecule has 0 bridgehead atoms. The first-order valence-electron chi connectivity index (χ1n) is 14.0. The fourth-order valence-corrected chi connectivity index (χ4v) is 4.27. The van der Waals surface area contributed by atoms with E-state index in [1.165, 1.54) is 11.6 Å². The van der Waals surface area contributed by atoms with Crippen LogP contribution < -0.4 is 16.0 Å². The number of aryl methyl sites for hydroxylation is 1. The summed E-state index contributed by atoms with van der Waals surface area (Å²) < 4.78 is 5.79. The van der Waals surface area contributed by atoms with Gasteiger partial charge in [0.15, 0.2) is 0 Å². The maximum Gasteiger partial charge on any atom is 0.323 e. The quantitative estimate of drug-likeness (QED) is 0.121. The van der Waals surface area contributed by atoms with Crippen LogP contribution in [0.15, 0.2) is 67.0 Å². The summed E-state index contributed by atoms with van der Waals surface area (Å²) in [6.07, 6.45) is 9.80. The van der Waals surface area contributed by atoms with Gasteiger partial charge in [-0.15, -0.1) is 0 Å². The maximum atomic E-state index is 12.2. The molecule has 0 saturated heterocycles. The number of hydrogen-bond donors (Lipinski definition) is 6. The SMILES string of the molecule is O=C(Nc1cccnc1)Nc1cccc(CCCCOCCCCCCNC[C@H](O)c2ccc(O)c(CO)c2)c1. The first kappa shape index (κ1) is 31.0. The number of aliphatic hydroxyl groups is 2. The minimum Gasteiger partial charge on any atom is -0.508 e. The number of aliphatic hydroxyl groups excluding tert-OH is 2. The second kappa shape index (κ2) is 18.0. The van der Waals surface area contributed by atoms with Crippen molar-refractivity contribution in [2.24, 2.45) is 0 Å². The fourth-order valence-electron chi connectivity index (χ4n) is 4.27. The number of carbonyl (C=O) groups excluding carboxylic acids is 1. The first-order chi connectivity index (χ1) is 19.5. The average Bonchev–Trinajstić information content (AvgIpc) is 2.96. The van der Waals surface area contributed by atoms with Crippen LogP contribution >= 0.6 is 0 Å². The van der Waals surface area contributed by atoms with E-state index in [0.29, 0.717) is 23.4 Å². The third kappa shape index (κ3) is 11.7. The highest BCUT2D eigenvalue weighted by molar-refractivity contribution is 5.99. The van der Waals surface area contributed by atoms with Crippen LogP contribution in [-0.2, 0) is 17.8 Å². The molecular formula is C31H42N4O5. The van der Waals surface area contributed by atoms with Crippen molar-refractivity contribution >= 4 is 17.4 Å². The van der Waals surface area contributed by atoms with Gasteiger partial charge in [-0.25, -0.2) is 4.79 Å². The second-order valence-electron chi connectivity index (χ2n) is 9.77. The number of ether oxygens (including phenoxy) is 1. The highest BCUT2D eigenvalue weighted by atomic mass is 16.5. The number of rotatable bonds is 18. The van der Waals surface area contributed by atoms with Crippen molar-refractivity contribution in [2.75, 3.05) is 36.9 Å². The molecule has 0 unspecified atom stereocenters. The molecule has 2 amide bonds. The Bertz CT molecular complexity index is 1150. The van der Waals surface area contributed by atoms with Crippen LogP contribution in [0.2, 0.25) is 0 Å². The van der Waals surface area contributed by atoms with Gasteiger partial charge < -0.3 is 36.0 Å². The second-order valence-corrected chi connectivity index (χ2v) is 9.77. The monoisotopic (exact) mass is 550 g/mol. The molecule has 216 valence electrons. The van der Waals surface area contributed by atoms with E-state index in [0.717, 1.165) is 70.4 Å². The lowest BCUT2D eigenvalue weighted by Crippen LogP contribution is -2.22. The minimum absolute atomic E-state index is 0.0379. The van der Waals surface area contributed by atoms with Crippen LogP contribution in [0.1, 0.15) is 61.3 Å². The molecule has 0 aliphatic heterocycles. The van der Waals surface area contributed by atoms with Crippen LogP contribution in [-0.4, -0.2) is 52.6 Å². The maximum absolute atomic E-state index is 12.2. The number of phenols is 1. The molecule has 0 saturated carbocycles. The molecule has 9 nitrogen and oxygen atoms in total. The van der Waals surface area contributed by atoms with Crippen molar-refractivity contribution in [3.05, 3.63) is 83.7 Å². The Kier molecular flexibility index (Phi) is 13.9. The lowest BCUT2D eigenvalue weighted by molar-refractivity contribution is 0.126. The van der Waals surface area contributed by atoms with Crippen molar-refractivity contribution in [3.63, 3.8) is 0 Å². The van der Waals surface area contributed by atoms with E-state index in [9.17, 15) is 20.1 Å². The van der Waals surface area contributed by atoms with E-state index in [4.69, 9.17) is 4.74 Å². The molecule has 1 atom stereocenters.